The lowest BCUT2D eigenvalue weighted by Crippen LogP contribution is -2.29. The molecule has 106 valence electrons. The van der Waals surface area contributed by atoms with E-state index < -0.39 is 11.2 Å². The van der Waals surface area contributed by atoms with Crippen LogP contribution >= 0.6 is 11.9 Å². The van der Waals surface area contributed by atoms with Gasteiger partial charge in [0.15, 0.2) is 5.78 Å². The highest BCUT2D eigenvalue weighted by Crippen LogP contribution is 2.26. The number of Topliss-reactive ketones (excluding diaryl/α,β-unsaturated/α-hetero) is 1. The van der Waals surface area contributed by atoms with E-state index in [-0.39, 0.29) is 16.9 Å². The number of carbonyl (C=O) groups is 1. The highest BCUT2D eigenvalue weighted by molar-refractivity contribution is 7.97. The van der Waals surface area contributed by atoms with Gasteiger partial charge in [0.2, 0.25) is 0 Å². The quantitative estimate of drug-likeness (QED) is 0.656. The molecule has 2 nitrogen and oxygen atoms in total. The SMILES string of the molecule is CC(C)(C)NSc1ccc(F)c(C(=O)C(C)(C)C)c1. The highest BCUT2D eigenvalue weighted by atomic mass is 32.2. The fourth-order valence-electron chi connectivity index (χ4n) is 1.36. The van der Waals surface area contributed by atoms with Crippen LogP contribution in [0, 0.1) is 11.2 Å². The standard InChI is InChI=1S/C15H22FNOS/c1-14(2,3)13(18)11-9-10(7-8-12(11)16)19-17-15(4,5)6/h7-9,17H,1-6H3. The second-order valence-corrected chi connectivity index (χ2v) is 7.55. The Morgan fingerprint density at radius 2 is 1.74 bits per heavy atom. The second kappa shape index (κ2) is 5.63. The molecule has 4 heteroatoms. The predicted octanol–water partition coefficient (Wildman–Crippen LogP) is 4.45. The molecule has 0 aliphatic carbocycles. The molecule has 0 aromatic heterocycles. The predicted molar refractivity (Wildman–Crippen MR) is 78.9 cm³/mol. The normalized spacial score (nSPS) is 12.6. The molecule has 0 aliphatic heterocycles. The Morgan fingerprint density at radius 3 is 2.21 bits per heavy atom. The third kappa shape index (κ3) is 4.96. The van der Waals surface area contributed by atoms with E-state index in [1.807, 2.05) is 20.8 Å². The van der Waals surface area contributed by atoms with E-state index in [1.54, 1.807) is 32.9 Å². The zero-order valence-corrected chi connectivity index (χ0v) is 13.2. The van der Waals surface area contributed by atoms with Crippen LogP contribution in [0.5, 0.6) is 0 Å². The molecular weight excluding hydrogens is 261 g/mol. The molecule has 0 saturated heterocycles. The summed E-state index contributed by atoms with van der Waals surface area (Å²) in [5.41, 5.74) is -0.470. The Labute approximate surface area is 119 Å². The molecule has 0 aliphatic rings. The number of hydrogen-bond donors (Lipinski definition) is 1. The molecule has 1 rings (SSSR count). The van der Waals surface area contributed by atoms with Gasteiger partial charge in [-0.15, -0.1) is 0 Å². The molecule has 0 amide bonds. The number of benzene rings is 1. The van der Waals surface area contributed by atoms with Gasteiger partial charge in [0.25, 0.3) is 0 Å². The van der Waals surface area contributed by atoms with Crippen LogP contribution in [0.15, 0.2) is 23.1 Å². The van der Waals surface area contributed by atoms with Crippen molar-refractivity contribution in [2.75, 3.05) is 0 Å². The molecular formula is C15H22FNOS. The van der Waals surface area contributed by atoms with Crippen LogP contribution in [-0.2, 0) is 0 Å². The van der Waals surface area contributed by atoms with Crippen molar-refractivity contribution in [3.05, 3.63) is 29.6 Å². The smallest absolute Gasteiger partial charge is 0.171 e. The highest BCUT2D eigenvalue weighted by Gasteiger charge is 2.25. The zero-order valence-electron chi connectivity index (χ0n) is 12.4. The molecule has 0 spiro atoms. The van der Waals surface area contributed by atoms with Gasteiger partial charge in [0.1, 0.15) is 5.82 Å². The Hall–Kier alpha value is -0.870. The van der Waals surface area contributed by atoms with Crippen molar-refractivity contribution >= 4 is 17.7 Å². The molecule has 0 atom stereocenters. The lowest BCUT2D eigenvalue weighted by Gasteiger charge is -2.20. The van der Waals surface area contributed by atoms with Gasteiger partial charge in [-0.3, -0.25) is 9.52 Å². The average molecular weight is 283 g/mol. The Kier molecular flexibility index (Phi) is 4.80. The molecule has 1 N–H and O–H groups in total. The van der Waals surface area contributed by atoms with E-state index in [0.29, 0.717) is 0 Å². The maximum absolute atomic E-state index is 13.8. The first-order valence-electron chi connectivity index (χ1n) is 6.29. The van der Waals surface area contributed by atoms with Crippen molar-refractivity contribution in [3.8, 4) is 0 Å². The van der Waals surface area contributed by atoms with E-state index >= 15 is 0 Å². The van der Waals surface area contributed by atoms with Gasteiger partial charge < -0.3 is 0 Å². The van der Waals surface area contributed by atoms with Crippen molar-refractivity contribution in [2.45, 2.75) is 52.0 Å². The topological polar surface area (TPSA) is 29.1 Å². The van der Waals surface area contributed by atoms with E-state index in [2.05, 4.69) is 4.72 Å². The molecule has 0 radical (unpaired) electrons. The van der Waals surface area contributed by atoms with Gasteiger partial charge in [0.05, 0.1) is 5.56 Å². The summed E-state index contributed by atoms with van der Waals surface area (Å²) in [6.45, 7) is 11.5. The molecule has 0 heterocycles. The van der Waals surface area contributed by atoms with E-state index in [9.17, 15) is 9.18 Å². The van der Waals surface area contributed by atoms with Crippen LogP contribution < -0.4 is 4.72 Å². The van der Waals surface area contributed by atoms with Gasteiger partial charge in [0, 0.05) is 15.8 Å². The maximum atomic E-state index is 13.8. The largest absolute Gasteiger partial charge is 0.293 e. The van der Waals surface area contributed by atoms with E-state index in [0.717, 1.165) is 4.90 Å². The van der Waals surface area contributed by atoms with Crippen LogP contribution in [0.2, 0.25) is 0 Å². The van der Waals surface area contributed by atoms with E-state index in [4.69, 9.17) is 0 Å². The van der Waals surface area contributed by atoms with Crippen LogP contribution in [0.3, 0.4) is 0 Å². The third-order valence-corrected chi connectivity index (χ3v) is 3.54. The molecule has 0 saturated carbocycles. The van der Waals surface area contributed by atoms with Crippen LogP contribution in [0.4, 0.5) is 4.39 Å². The molecule has 19 heavy (non-hydrogen) atoms. The Bertz CT molecular complexity index is 472. The Balaban J connectivity index is 2.98. The summed E-state index contributed by atoms with van der Waals surface area (Å²) in [5, 5.41) is 0. The summed E-state index contributed by atoms with van der Waals surface area (Å²) in [6.07, 6.45) is 0. The van der Waals surface area contributed by atoms with Crippen molar-refractivity contribution in [3.63, 3.8) is 0 Å². The summed E-state index contributed by atoms with van der Waals surface area (Å²) in [5.74, 6) is -0.636. The number of halogens is 1. The van der Waals surface area contributed by atoms with Crippen LogP contribution in [-0.4, -0.2) is 11.3 Å². The minimum atomic E-state index is -0.582. The fourth-order valence-corrected chi connectivity index (χ4v) is 2.09. The zero-order chi connectivity index (χ0) is 14.8. The minimum absolute atomic E-state index is 0.0484. The van der Waals surface area contributed by atoms with Crippen LogP contribution in [0.25, 0.3) is 0 Å². The molecule has 0 fully saturated rings. The number of carbonyl (C=O) groups excluding carboxylic acids is 1. The first-order valence-corrected chi connectivity index (χ1v) is 7.11. The fraction of sp³-hybridized carbons (Fsp3) is 0.533. The summed E-state index contributed by atoms with van der Waals surface area (Å²) >= 11 is 1.41. The summed E-state index contributed by atoms with van der Waals surface area (Å²) in [7, 11) is 0. The van der Waals surface area contributed by atoms with Gasteiger partial charge in [-0.1, -0.05) is 20.8 Å². The monoisotopic (exact) mass is 283 g/mol. The van der Waals surface area contributed by atoms with Gasteiger partial charge in [-0.2, -0.15) is 0 Å². The van der Waals surface area contributed by atoms with Gasteiger partial charge >= 0.3 is 0 Å². The van der Waals surface area contributed by atoms with Gasteiger partial charge in [-0.25, -0.2) is 4.39 Å². The average Bonchev–Trinajstić information content (AvgIpc) is 2.24. The lowest BCUT2D eigenvalue weighted by molar-refractivity contribution is 0.0853. The molecule has 0 unspecified atom stereocenters. The summed E-state index contributed by atoms with van der Waals surface area (Å²) in [4.78, 5) is 13.0. The summed E-state index contributed by atoms with van der Waals surface area (Å²) in [6, 6.07) is 4.65. The number of rotatable bonds is 3. The van der Waals surface area contributed by atoms with E-state index in [1.165, 1.54) is 18.0 Å². The van der Waals surface area contributed by atoms with Crippen molar-refractivity contribution in [1.82, 2.24) is 4.72 Å². The number of ketones is 1. The van der Waals surface area contributed by atoms with Crippen molar-refractivity contribution < 1.29 is 9.18 Å². The third-order valence-electron chi connectivity index (χ3n) is 2.34. The number of hydrogen-bond acceptors (Lipinski definition) is 3. The summed E-state index contributed by atoms with van der Waals surface area (Å²) < 4.78 is 17.0. The Morgan fingerprint density at radius 1 is 1.16 bits per heavy atom. The maximum Gasteiger partial charge on any atom is 0.171 e. The van der Waals surface area contributed by atoms with Gasteiger partial charge in [-0.05, 0) is 50.9 Å². The van der Waals surface area contributed by atoms with Crippen LogP contribution in [0.1, 0.15) is 51.9 Å². The molecule has 0 bridgehead atoms. The first kappa shape index (κ1) is 16.2. The first-order chi connectivity index (χ1) is 8.50. The number of nitrogens with one attached hydrogen (secondary N) is 1. The van der Waals surface area contributed by atoms with Crippen molar-refractivity contribution in [1.29, 1.82) is 0 Å². The second-order valence-electron chi connectivity index (χ2n) is 6.67. The minimum Gasteiger partial charge on any atom is -0.293 e. The molecule has 1 aromatic carbocycles. The van der Waals surface area contributed by atoms with Crippen molar-refractivity contribution in [2.24, 2.45) is 5.41 Å². The molecule has 1 aromatic rings. The lowest BCUT2D eigenvalue weighted by atomic mass is 9.86.